The first-order valence-electron chi connectivity index (χ1n) is 10.2. The second-order valence-electron chi connectivity index (χ2n) is 7.60. The number of ether oxygens (including phenoxy) is 1. The second-order valence-corrected chi connectivity index (χ2v) is 7.60. The van der Waals surface area contributed by atoms with Crippen molar-refractivity contribution in [3.05, 3.63) is 77.5 Å². The van der Waals surface area contributed by atoms with Gasteiger partial charge in [0, 0.05) is 16.7 Å². The molecule has 2 aromatic carbocycles. The standard InChI is InChI=1S/C25H24F2N2O3/c1-15(2)24-21(13-12-20(30)14-22(31)32-3)23(16-4-8-18(26)9-5-16)25(29-28-24)17-6-10-19(27)11-7-17/h4-13,15,20,30H,14H2,1-3H3/b13-12+. The van der Waals surface area contributed by atoms with E-state index in [9.17, 15) is 18.7 Å². The lowest BCUT2D eigenvalue weighted by Gasteiger charge is -2.18. The molecule has 32 heavy (non-hydrogen) atoms. The van der Waals surface area contributed by atoms with Crippen molar-refractivity contribution in [1.29, 1.82) is 0 Å². The number of carbonyl (C=O) groups excluding carboxylic acids is 1. The Kier molecular flexibility index (Phi) is 7.43. The highest BCUT2D eigenvalue weighted by Crippen LogP contribution is 2.37. The summed E-state index contributed by atoms with van der Waals surface area (Å²) in [6, 6.07) is 11.8. The zero-order chi connectivity index (χ0) is 23.3. The van der Waals surface area contributed by atoms with E-state index in [2.05, 4.69) is 14.9 Å². The first kappa shape index (κ1) is 23.2. The molecule has 0 saturated heterocycles. The van der Waals surface area contributed by atoms with Gasteiger partial charge in [0.05, 0.1) is 25.3 Å². The number of aliphatic hydroxyl groups is 1. The molecule has 7 heteroatoms. The monoisotopic (exact) mass is 438 g/mol. The van der Waals surface area contributed by atoms with Gasteiger partial charge in [0.15, 0.2) is 0 Å². The van der Waals surface area contributed by atoms with Gasteiger partial charge < -0.3 is 9.84 Å². The molecule has 0 fully saturated rings. The van der Waals surface area contributed by atoms with Gasteiger partial charge in [-0.15, -0.1) is 5.10 Å². The van der Waals surface area contributed by atoms with Crippen LogP contribution in [0.5, 0.6) is 0 Å². The van der Waals surface area contributed by atoms with E-state index in [1.165, 1.54) is 37.5 Å². The van der Waals surface area contributed by atoms with Gasteiger partial charge in [-0.3, -0.25) is 4.79 Å². The topological polar surface area (TPSA) is 72.3 Å². The zero-order valence-electron chi connectivity index (χ0n) is 18.0. The summed E-state index contributed by atoms with van der Waals surface area (Å²) in [5, 5.41) is 19.0. The molecular weight excluding hydrogens is 414 g/mol. The van der Waals surface area contributed by atoms with Crippen molar-refractivity contribution in [2.24, 2.45) is 0 Å². The third-order valence-electron chi connectivity index (χ3n) is 4.93. The maximum Gasteiger partial charge on any atom is 0.308 e. The number of hydrogen-bond donors (Lipinski definition) is 1. The van der Waals surface area contributed by atoms with Crippen LogP contribution in [0.1, 0.15) is 37.4 Å². The fourth-order valence-electron chi connectivity index (χ4n) is 3.31. The molecule has 1 aromatic heterocycles. The van der Waals surface area contributed by atoms with E-state index >= 15 is 0 Å². The summed E-state index contributed by atoms with van der Waals surface area (Å²) < 4.78 is 31.7. The Morgan fingerprint density at radius 3 is 2.09 bits per heavy atom. The largest absolute Gasteiger partial charge is 0.469 e. The number of rotatable bonds is 7. The van der Waals surface area contributed by atoms with Crippen LogP contribution in [-0.4, -0.2) is 34.5 Å². The predicted molar refractivity (Wildman–Crippen MR) is 119 cm³/mol. The van der Waals surface area contributed by atoms with Crippen LogP contribution >= 0.6 is 0 Å². The van der Waals surface area contributed by atoms with E-state index in [0.29, 0.717) is 33.6 Å². The normalized spacial score (nSPS) is 12.3. The Balaban J connectivity index is 2.23. The molecule has 1 heterocycles. The van der Waals surface area contributed by atoms with Crippen molar-refractivity contribution in [3.63, 3.8) is 0 Å². The van der Waals surface area contributed by atoms with Gasteiger partial charge in [-0.25, -0.2) is 8.78 Å². The van der Waals surface area contributed by atoms with Gasteiger partial charge in [-0.1, -0.05) is 38.1 Å². The van der Waals surface area contributed by atoms with E-state index in [0.717, 1.165) is 0 Å². The molecule has 1 N–H and O–H groups in total. The molecular formula is C25H24F2N2O3. The van der Waals surface area contributed by atoms with Crippen molar-refractivity contribution < 1.29 is 23.4 Å². The first-order chi connectivity index (χ1) is 15.3. The number of carbonyl (C=O) groups is 1. The molecule has 5 nitrogen and oxygen atoms in total. The van der Waals surface area contributed by atoms with Crippen LogP contribution in [0.3, 0.4) is 0 Å². The minimum atomic E-state index is -1.06. The Morgan fingerprint density at radius 2 is 1.56 bits per heavy atom. The predicted octanol–water partition coefficient (Wildman–Crippen LogP) is 5.15. The summed E-state index contributed by atoms with van der Waals surface area (Å²) in [6.07, 6.45) is 1.91. The van der Waals surface area contributed by atoms with E-state index < -0.39 is 12.1 Å². The van der Waals surface area contributed by atoms with Gasteiger partial charge >= 0.3 is 5.97 Å². The SMILES string of the molecule is COC(=O)CC(O)/C=C/c1c(C(C)C)nnc(-c2ccc(F)cc2)c1-c1ccc(F)cc1. The van der Waals surface area contributed by atoms with Crippen LogP contribution in [0.2, 0.25) is 0 Å². The van der Waals surface area contributed by atoms with Crippen LogP contribution in [-0.2, 0) is 9.53 Å². The second kappa shape index (κ2) is 10.2. The van der Waals surface area contributed by atoms with Gasteiger partial charge in [0.1, 0.15) is 17.3 Å². The van der Waals surface area contributed by atoms with Crippen molar-refractivity contribution in [3.8, 4) is 22.4 Å². The summed E-state index contributed by atoms with van der Waals surface area (Å²) in [7, 11) is 1.25. The lowest BCUT2D eigenvalue weighted by molar-refractivity contribution is -0.142. The Bertz CT molecular complexity index is 1110. The summed E-state index contributed by atoms with van der Waals surface area (Å²) in [5.74, 6) is -1.31. The summed E-state index contributed by atoms with van der Waals surface area (Å²) in [5.41, 5.74) is 3.81. The molecule has 0 aliphatic carbocycles. The van der Waals surface area contributed by atoms with Crippen molar-refractivity contribution >= 4 is 12.0 Å². The number of aromatic nitrogens is 2. The average Bonchev–Trinajstić information content (AvgIpc) is 2.78. The fourth-order valence-corrected chi connectivity index (χ4v) is 3.31. The van der Waals surface area contributed by atoms with E-state index in [-0.39, 0.29) is 24.0 Å². The van der Waals surface area contributed by atoms with Crippen LogP contribution < -0.4 is 0 Å². The summed E-state index contributed by atoms with van der Waals surface area (Å²) in [4.78, 5) is 11.5. The summed E-state index contributed by atoms with van der Waals surface area (Å²) >= 11 is 0. The molecule has 3 aromatic rings. The minimum Gasteiger partial charge on any atom is -0.469 e. The first-order valence-corrected chi connectivity index (χ1v) is 10.2. The molecule has 1 atom stereocenters. The van der Waals surface area contributed by atoms with Gasteiger partial charge in [-0.2, -0.15) is 5.10 Å². The highest BCUT2D eigenvalue weighted by Gasteiger charge is 2.20. The average molecular weight is 438 g/mol. The zero-order valence-corrected chi connectivity index (χ0v) is 18.0. The number of nitrogens with zero attached hydrogens (tertiary/aromatic N) is 2. The van der Waals surface area contributed by atoms with E-state index in [1.807, 2.05) is 13.8 Å². The number of esters is 1. The highest BCUT2D eigenvalue weighted by molar-refractivity contribution is 5.88. The third kappa shape index (κ3) is 5.42. The minimum absolute atomic E-state index is 0.0126. The Morgan fingerprint density at radius 1 is 1.00 bits per heavy atom. The maximum absolute atomic E-state index is 13.6. The number of benzene rings is 2. The molecule has 0 aliphatic rings. The summed E-state index contributed by atoms with van der Waals surface area (Å²) in [6.45, 7) is 3.91. The van der Waals surface area contributed by atoms with Crippen LogP contribution in [0, 0.1) is 11.6 Å². The van der Waals surface area contributed by atoms with Crippen molar-refractivity contribution in [2.75, 3.05) is 7.11 Å². The van der Waals surface area contributed by atoms with Crippen LogP contribution in [0.15, 0.2) is 54.6 Å². The molecule has 166 valence electrons. The molecule has 0 bridgehead atoms. The highest BCUT2D eigenvalue weighted by atomic mass is 19.1. The molecule has 0 spiro atoms. The number of aliphatic hydroxyl groups excluding tert-OH is 1. The Hall–Kier alpha value is -3.45. The lowest BCUT2D eigenvalue weighted by atomic mass is 9.90. The quantitative estimate of drug-likeness (QED) is 0.517. The third-order valence-corrected chi connectivity index (χ3v) is 4.93. The number of halogens is 2. The molecule has 0 aliphatic heterocycles. The van der Waals surface area contributed by atoms with Gasteiger partial charge in [0.25, 0.3) is 0 Å². The smallest absolute Gasteiger partial charge is 0.308 e. The molecule has 0 radical (unpaired) electrons. The van der Waals surface area contributed by atoms with Gasteiger partial charge in [-0.05, 0) is 47.9 Å². The molecule has 1 unspecified atom stereocenters. The molecule has 0 amide bonds. The molecule has 0 saturated carbocycles. The molecule has 3 rings (SSSR count). The van der Waals surface area contributed by atoms with Crippen LogP contribution in [0.4, 0.5) is 8.78 Å². The number of methoxy groups -OCH3 is 1. The van der Waals surface area contributed by atoms with Crippen molar-refractivity contribution in [1.82, 2.24) is 10.2 Å². The fraction of sp³-hybridized carbons (Fsp3) is 0.240. The maximum atomic E-state index is 13.6. The lowest BCUT2D eigenvalue weighted by Crippen LogP contribution is -2.12. The van der Waals surface area contributed by atoms with E-state index in [4.69, 9.17) is 0 Å². The van der Waals surface area contributed by atoms with Crippen LogP contribution in [0.25, 0.3) is 28.5 Å². The van der Waals surface area contributed by atoms with Crippen molar-refractivity contribution in [2.45, 2.75) is 32.3 Å². The Labute approximate surface area is 185 Å². The number of hydrogen-bond acceptors (Lipinski definition) is 5. The van der Waals surface area contributed by atoms with Gasteiger partial charge in [0.2, 0.25) is 0 Å². The van der Waals surface area contributed by atoms with E-state index in [1.54, 1.807) is 30.3 Å².